The lowest BCUT2D eigenvalue weighted by Crippen LogP contribution is -2.32. The number of hydrogen-bond donors (Lipinski definition) is 1. The van der Waals surface area contributed by atoms with Crippen LogP contribution >= 0.6 is 0 Å². The maximum Gasteiger partial charge on any atom is 0.416 e. The summed E-state index contributed by atoms with van der Waals surface area (Å²) in [4.78, 5) is 0. The molecule has 0 bridgehead atoms. The quantitative estimate of drug-likeness (QED) is 0.802. The number of benzene rings is 1. The van der Waals surface area contributed by atoms with Gasteiger partial charge >= 0.3 is 6.18 Å². The van der Waals surface area contributed by atoms with Crippen LogP contribution in [0.25, 0.3) is 0 Å². The second-order valence-electron chi connectivity index (χ2n) is 6.20. The maximum atomic E-state index is 12.5. The third kappa shape index (κ3) is 5.53. The van der Waals surface area contributed by atoms with E-state index in [-0.39, 0.29) is 5.41 Å². The highest BCUT2D eigenvalue weighted by atomic mass is 19.4. The van der Waals surface area contributed by atoms with Gasteiger partial charge in [-0.3, -0.25) is 0 Å². The van der Waals surface area contributed by atoms with Crippen molar-refractivity contribution >= 4 is 0 Å². The zero-order valence-corrected chi connectivity index (χ0v) is 12.6. The van der Waals surface area contributed by atoms with Crippen molar-refractivity contribution in [3.63, 3.8) is 0 Å². The highest BCUT2D eigenvalue weighted by Crippen LogP contribution is 2.31. The molecule has 0 spiro atoms. The molecule has 0 aliphatic heterocycles. The molecule has 0 aliphatic rings. The largest absolute Gasteiger partial charge is 0.416 e. The van der Waals surface area contributed by atoms with E-state index in [2.05, 4.69) is 33.0 Å². The molecule has 1 aromatic rings. The topological polar surface area (TPSA) is 12.0 Å². The predicted octanol–water partition coefficient (Wildman–Crippen LogP) is 4.66. The van der Waals surface area contributed by atoms with Crippen molar-refractivity contribution < 1.29 is 13.2 Å². The Morgan fingerprint density at radius 1 is 1.10 bits per heavy atom. The summed E-state index contributed by atoms with van der Waals surface area (Å²) in [5.41, 5.74) is 0.424. The molecule has 1 aromatic carbocycles. The van der Waals surface area contributed by atoms with E-state index in [1.807, 2.05) is 0 Å². The van der Waals surface area contributed by atoms with Gasteiger partial charge in [-0.25, -0.2) is 0 Å². The first-order chi connectivity index (χ1) is 9.14. The summed E-state index contributed by atoms with van der Waals surface area (Å²) in [7, 11) is 0. The lowest BCUT2D eigenvalue weighted by atomic mass is 9.80. The lowest BCUT2D eigenvalue weighted by Gasteiger charge is -2.28. The predicted molar refractivity (Wildman–Crippen MR) is 76.7 cm³/mol. The molecule has 0 aromatic heterocycles. The number of halogens is 3. The number of rotatable bonds is 6. The molecule has 0 fully saturated rings. The number of nitrogens with one attached hydrogen (secondary N) is 1. The first kappa shape index (κ1) is 17.0. The van der Waals surface area contributed by atoms with E-state index in [1.54, 1.807) is 12.1 Å². The monoisotopic (exact) mass is 287 g/mol. The molecule has 20 heavy (non-hydrogen) atoms. The number of hydrogen-bond acceptors (Lipinski definition) is 1. The molecule has 1 unspecified atom stereocenters. The van der Waals surface area contributed by atoms with Gasteiger partial charge in [0, 0.05) is 6.04 Å². The van der Waals surface area contributed by atoms with Crippen LogP contribution in [0.3, 0.4) is 0 Å². The zero-order valence-electron chi connectivity index (χ0n) is 12.6. The molecule has 1 rings (SSSR count). The Balaban J connectivity index is 2.68. The van der Waals surface area contributed by atoms with Crippen molar-refractivity contribution in [1.29, 1.82) is 0 Å². The summed E-state index contributed by atoms with van der Waals surface area (Å²) < 4.78 is 37.5. The molecule has 1 atom stereocenters. The first-order valence-corrected chi connectivity index (χ1v) is 7.03. The van der Waals surface area contributed by atoms with E-state index in [0.717, 1.165) is 24.9 Å². The van der Waals surface area contributed by atoms with Gasteiger partial charge in [-0.1, -0.05) is 32.9 Å². The Morgan fingerprint density at radius 2 is 1.65 bits per heavy atom. The molecule has 4 heteroatoms. The molecular weight excluding hydrogens is 263 g/mol. The van der Waals surface area contributed by atoms with Gasteiger partial charge in [-0.2, -0.15) is 13.2 Å². The normalized spacial score (nSPS) is 14.3. The Bertz CT molecular complexity index is 407. The average Bonchev–Trinajstić information content (AvgIpc) is 2.27. The molecular formula is C16H24F3N. The Hall–Kier alpha value is -1.03. The fourth-order valence-corrected chi connectivity index (χ4v) is 2.69. The van der Waals surface area contributed by atoms with E-state index in [4.69, 9.17) is 0 Å². The van der Waals surface area contributed by atoms with Crippen LogP contribution in [0, 0.1) is 5.41 Å². The van der Waals surface area contributed by atoms with E-state index < -0.39 is 11.7 Å². The minimum Gasteiger partial charge on any atom is -0.315 e. The van der Waals surface area contributed by atoms with Crippen LogP contribution in [0.1, 0.15) is 45.2 Å². The third-order valence-corrected chi connectivity index (χ3v) is 3.38. The van der Waals surface area contributed by atoms with Crippen LogP contribution < -0.4 is 5.32 Å². The highest BCUT2D eigenvalue weighted by molar-refractivity contribution is 5.25. The summed E-state index contributed by atoms with van der Waals surface area (Å²) in [6, 6.07) is 5.91. The van der Waals surface area contributed by atoms with Gasteiger partial charge in [-0.15, -0.1) is 0 Å². The van der Waals surface area contributed by atoms with Gasteiger partial charge in [-0.05, 0) is 49.4 Å². The highest BCUT2D eigenvalue weighted by Gasteiger charge is 2.30. The van der Waals surface area contributed by atoms with Gasteiger partial charge in [0.25, 0.3) is 0 Å². The second-order valence-corrected chi connectivity index (χ2v) is 6.20. The van der Waals surface area contributed by atoms with Gasteiger partial charge in [0.15, 0.2) is 0 Å². The van der Waals surface area contributed by atoms with E-state index in [9.17, 15) is 13.2 Å². The standard InChI is InChI=1S/C16H24F3N/c1-5-20-12(2)10-15(3,4)11-13-6-8-14(9-7-13)16(17,18)19/h6-9,12,20H,5,10-11H2,1-4H3. The van der Waals surface area contributed by atoms with Gasteiger partial charge in [0.2, 0.25) is 0 Å². The van der Waals surface area contributed by atoms with Crippen molar-refractivity contribution in [2.24, 2.45) is 5.41 Å². The van der Waals surface area contributed by atoms with Gasteiger partial charge < -0.3 is 5.32 Å². The number of alkyl halides is 3. The molecule has 0 amide bonds. The molecule has 0 heterocycles. The van der Waals surface area contributed by atoms with Crippen molar-refractivity contribution in [2.45, 2.75) is 52.8 Å². The molecule has 0 saturated carbocycles. The smallest absolute Gasteiger partial charge is 0.315 e. The molecule has 0 aliphatic carbocycles. The molecule has 0 saturated heterocycles. The average molecular weight is 287 g/mol. The van der Waals surface area contributed by atoms with Crippen LogP contribution in [0.2, 0.25) is 0 Å². The summed E-state index contributed by atoms with van der Waals surface area (Å²) in [6.45, 7) is 9.44. The first-order valence-electron chi connectivity index (χ1n) is 7.03. The molecule has 1 nitrogen and oxygen atoms in total. The minimum atomic E-state index is -4.26. The summed E-state index contributed by atoms with van der Waals surface area (Å²) >= 11 is 0. The molecule has 0 radical (unpaired) electrons. The van der Waals surface area contributed by atoms with Gasteiger partial charge in [0.1, 0.15) is 0 Å². The fraction of sp³-hybridized carbons (Fsp3) is 0.625. The lowest BCUT2D eigenvalue weighted by molar-refractivity contribution is -0.137. The van der Waals surface area contributed by atoms with E-state index >= 15 is 0 Å². The van der Waals surface area contributed by atoms with Crippen molar-refractivity contribution in [3.05, 3.63) is 35.4 Å². The van der Waals surface area contributed by atoms with Crippen LogP contribution in [-0.4, -0.2) is 12.6 Å². The Kier molecular flexibility index (Phi) is 5.63. The SMILES string of the molecule is CCNC(C)CC(C)(C)Cc1ccc(C(F)(F)F)cc1. The van der Waals surface area contributed by atoms with Crippen molar-refractivity contribution in [3.8, 4) is 0 Å². The van der Waals surface area contributed by atoms with E-state index in [1.165, 1.54) is 12.1 Å². The Labute approximate surface area is 119 Å². The maximum absolute atomic E-state index is 12.5. The zero-order chi connectivity index (χ0) is 15.4. The van der Waals surface area contributed by atoms with Crippen LogP contribution in [0.4, 0.5) is 13.2 Å². The fourth-order valence-electron chi connectivity index (χ4n) is 2.69. The van der Waals surface area contributed by atoms with E-state index in [0.29, 0.717) is 6.04 Å². The minimum absolute atomic E-state index is 0.0569. The van der Waals surface area contributed by atoms with Crippen LogP contribution in [0.5, 0.6) is 0 Å². The summed E-state index contributed by atoms with van der Waals surface area (Å²) in [6.07, 6.45) is -2.49. The molecule has 1 N–H and O–H groups in total. The van der Waals surface area contributed by atoms with Crippen LogP contribution in [0.15, 0.2) is 24.3 Å². The van der Waals surface area contributed by atoms with Crippen LogP contribution in [-0.2, 0) is 12.6 Å². The summed E-state index contributed by atoms with van der Waals surface area (Å²) in [5, 5.41) is 3.37. The summed E-state index contributed by atoms with van der Waals surface area (Å²) in [5.74, 6) is 0. The molecule has 114 valence electrons. The second kappa shape index (κ2) is 6.61. The Morgan fingerprint density at radius 3 is 2.10 bits per heavy atom. The third-order valence-electron chi connectivity index (χ3n) is 3.38. The van der Waals surface area contributed by atoms with Gasteiger partial charge in [0.05, 0.1) is 5.56 Å². The van der Waals surface area contributed by atoms with Crippen molar-refractivity contribution in [2.75, 3.05) is 6.54 Å². The van der Waals surface area contributed by atoms with Crippen molar-refractivity contribution in [1.82, 2.24) is 5.32 Å².